The third-order valence-electron chi connectivity index (χ3n) is 3.62. The second kappa shape index (κ2) is 5.69. The highest BCUT2D eigenvalue weighted by Gasteiger charge is 2.31. The van der Waals surface area contributed by atoms with Crippen molar-refractivity contribution >= 4 is 11.9 Å². The second-order valence-electron chi connectivity index (χ2n) is 5.82. The van der Waals surface area contributed by atoms with Gasteiger partial charge < -0.3 is 14.8 Å². The molecule has 1 unspecified atom stereocenters. The number of carboxylic acid groups (broad SMARTS) is 1. The van der Waals surface area contributed by atoms with Gasteiger partial charge in [0.05, 0.1) is 5.56 Å². The minimum Gasteiger partial charge on any atom is -0.480 e. The number of hydrogen-bond acceptors (Lipinski definition) is 3. The number of carbonyl (C=O) groups is 2. The van der Waals surface area contributed by atoms with E-state index in [9.17, 15) is 14.7 Å². The molecular formula is C15H21NO4. The molecule has 0 radical (unpaired) electrons. The molecular weight excluding hydrogens is 258 g/mol. The maximum atomic E-state index is 12.2. The Kier molecular flexibility index (Phi) is 4.16. The van der Waals surface area contributed by atoms with E-state index in [2.05, 4.69) is 5.32 Å². The van der Waals surface area contributed by atoms with Gasteiger partial charge in [0.25, 0.3) is 5.91 Å². The molecule has 0 saturated heterocycles. The number of amides is 1. The number of carboxylic acids is 1. The SMILES string of the molecule is Cc1oc(C(C)C)cc1C(=O)NC(CC1CC1)C(=O)O. The zero-order valence-electron chi connectivity index (χ0n) is 12.1. The average Bonchev–Trinajstić information content (AvgIpc) is 3.08. The fourth-order valence-electron chi connectivity index (χ4n) is 2.16. The van der Waals surface area contributed by atoms with Crippen molar-refractivity contribution in [3.63, 3.8) is 0 Å². The van der Waals surface area contributed by atoms with E-state index in [1.807, 2.05) is 13.8 Å². The summed E-state index contributed by atoms with van der Waals surface area (Å²) in [6.45, 7) is 5.68. The van der Waals surface area contributed by atoms with Crippen LogP contribution in [0.3, 0.4) is 0 Å². The molecule has 5 nitrogen and oxygen atoms in total. The number of furan rings is 1. The third kappa shape index (κ3) is 3.40. The minimum absolute atomic E-state index is 0.192. The Bertz CT molecular complexity index is 514. The van der Waals surface area contributed by atoms with Crippen molar-refractivity contribution in [1.82, 2.24) is 5.32 Å². The van der Waals surface area contributed by atoms with Crippen LogP contribution in [0.25, 0.3) is 0 Å². The normalized spacial score (nSPS) is 16.2. The Labute approximate surface area is 118 Å². The van der Waals surface area contributed by atoms with Crippen molar-refractivity contribution in [3.8, 4) is 0 Å². The van der Waals surface area contributed by atoms with Crippen molar-refractivity contribution in [3.05, 3.63) is 23.2 Å². The molecule has 1 heterocycles. The van der Waals surface area contributed by atoms with Gasteiger partial charge in [-0.25, -0.2) is 4.79 Å². The van der Waals surface area contributed by atoms with Crippen molar-refractivity contribution in [2.45, 2.75) is 52.0 Å². The Hall–Kier alpha value is -1.78. The van der Waals surface area contributed by atoms with Gasteiger partial charge in [-0.15, -0.1) is 0 Å². The predicted molar refractivity (Wildman–Crippen MR) is 73.8 cm³/mol. The topological polar surface area (TPSA) is 79.5 Å². The van der Waals surface area contributed by atoms with E-state index in [4.69, 9.17) is 4.42 Å². The van der Waals surface area contributed by atoms with Crippen LogP contribution in [0.1, 0.15) is 60.9 Å². The summed E-state index contributed by atoms with van der Waals surface area (Å²) in [7, 11) is 0. The zero-order valence-corrected chi connectivity index (χ0v) is 12.1. The summed E-state index contributed by atoms with van der Waals surface area (Å²) >= 11 is 0. The highest BCUT2D eigenvalue weighted by molar-refractivity contribution is 5.97. The molecule has 0 aromatic carbocycles. The maximum Gasteiger partial charge on any atom is 0.326 e. The van der Waals surface area contributed by atoms with Crippen LogP contribution in [-0.4, -0.2) is 23.0 Å². The fraction of sp³-hybridized carbons (Fsp3) is 0.600. The first-order chi connectivity index (χ1) is 9.38. The Balaban J connectivity index is 2.07. The number of hydrogen-bond donors (Lipinski definition) is 2. The predicted octanol–water partition coefficient (Wildman–Crippen LogP) is 2.69. The number of nitrogens with one attached hydrogen (secondary N) is 1. The van der Waals surface area contributed by atoms with Crippen LogP contribution in [0.5, 0.6) is 0 Å². The maximum absolute atomic E-state index is 12.2. The van der Waals surface area contributed by atoms with Gasteiger partial charge in [0, 0.05) is 5.92 Å². The Morgan fingerprint density at radius 3 is 2.55 bits per heavy atom. The van der Waals surface area contributed by atoms with Crippen LogP contribution in [0.2, 0.25) is 0 Å². The van der Waals surface area contributed by atoms with E-state index in [1.165, 1.54) is 0 Å². The molecule has 20 heavy (non-hydrogen) atoms. The van der Waals surface area contributed by atoms with Crippen molar-refractivity contribution in [2.24, 2.45) is 5.92 Å². The Morgan fingerprint density at radius 2 is 2.10 bits per heavy atom. The summed E-state index contributed by atoms with van der Waals surface area (Å²) in [5.41, 5.74) is 0.427. The molecule has 1 aromatic heterocycles. The number of rotatable bonds is 6. The van der Waals surface area contributed by atoms with Gasteiger partial charge in [-0.05, 0) is 25.3 Å². The van der Waals surface area contributed by atoms with E-state index in [1.54, 1.807) is 13.0 Å². The molecule has 1 aromatic rings. The minimum atomic E-state index is -0.976. The van der Waals surface area contributed by atoms with Crippen LogP contribution < -0.4 is 5.32 Å². The molecule has 110 valence electrons. The summed E-state index contributed by atoms with van der Waals surface area (Å²) in [6.07, 6.45) is 2.62. The lowest BCUT2D eigenvalue weighted by atomic mass is 10.1. The standard InChI is InChI=1S/C15H21NO4/c1-8(2)13-7-11(9(3)20-13)14(17)16-12(15(18)19)6-10-4-5-10/h7-8,10,12H,4-6H2,1-3H3,(H,16,17)(H,18,19). The van der Waals surface area contributed by atoms with E-state index >= 15 is 0 Å². The van der Waals surface area contributed by atoms with Crippen LogP contribution in [-0.2, 0) is 4.79 Å². The molecule has 1 saturated carbocycles. The van der Waals surface area contributed by atoms with Gasteiger partial charge in [0.2, 0.25) is 0 Å². The first-order valence-electron chi connectivity index (χ1n) is 7.02. The molecule has 1 aliphatic carbocycles. The summed E-state index contributed by atoms with van der Waals surface area (Å²) in [6, 6.07) is 0.887. The quantitative estimate of drug-likeness (QED) is 0.839. The molecule has 0 bridgehead atoms. The molecule has 1 atom stereocenters. The van der Waals surface area contributed by atoms with Crippen LogP contribution in [0.15, 0.2) is 10.5 Å². The van der Waals surface area contributed by atoms with Gasteiger partial charge in [-0.3, -0.25) is 4.79 Å². The molecule has 2 rings (SSSR count). The highest BCUT2D eigenvalue weighted by atomic mass is 16.4. The highest BCUT2D eigenvalue weighted by Crippen LogP contribution is 2.33. The molecule has 0 aliphatic heterocycles. The molecule has 5 heteroatoms. The van der Waals surface area contributed by atoms with Crippen molar-refractivity contribution in [1.29, 1.82) is 0 Å². The summed E-state index contributed by atoms with van der Waals surface area (Å²) in [5.74, 6) is 0.551. The Morgan fingerprint density at radius 1 is 1.45 bits per heavy atom. The van der Waals surface area contributed by atoms with Crippen LogP contribution in [0.4, 0.5) is 0 Å². The average molecular weight is 279 g/mol. The van der Waals surface area contributed by atoms with E-state index in [-0.39, 0.29) is 11.8 Å². The zero-order chi connectivity index (χ0) is 14.9. The largest absolute Gasteiger partial charge is 0.480 e. The van der Waals surface area contributed by atoms with Gasteiger partial charge >= 0.3 is 5.97 Å². The van der Waals surface area contributed by atoms with Crippen LogP contribution in [0, 0.1) is 12.8 Å². The summed E-state index contributed by atoms with van der Waals surface area (Å²) < 4.78 is 5.52. The van der Waals surface area contributed by atoms with E-state index in [0.29, 0.717) is 23.7 Å². The second-order valence-corrected chi connectivity index (χ2v) is 5.82. The number of aryl methyl sites for hydroxylation is 1. The third-order valence-corrected chi connectivity index (χ3v) is 3.62. The van der Waals surface area contributed by atoms with Gasteiger partial charge in [-0.1, -0.05) is 26.7 Å². The monoisotopic (exact) mass is 279 g/mol. The van der Waals surface area contributed by atoms with Gasteiger partial charge in [-0.2, -0.15) is 0 Å². The van der Waals surface area contributed by atoms with E-state index in [0.717, 1.165) is 18.6 Å². The summed E-state index contributed by atoms with van der Waals surface area (Å²) in [4.78, 5) is 23.4. The lowest BCUT2D eigenvalue weighted by Gasteiger charge is -2.13. The van der Waals surface area contributed by atoms with Crippen molar-refractivity contribution < 1.29 is 19.1 Å². The molecule has 1 aliphatic rings. The molecule has 1 amide bonds. The van der Waals surface area contributed by atoms with Crippen molar-refractivity contribution in [2.75, 3.05) is 0 Å². The fourth-order valence-corrected chi connectivity index (χ4v) is 2.16. The molecule has 1 fully saturated rings. The van der Waals surface area contributed by atoms with Gasteiger partial charge in [0.15, 0.2) is 0 Å². The smallest absolute Gasteiger partial charge is 0.326 e. The first-order valence-corrected chi connectivity index (χ1v) is 7.02. The van der Waals surface area contributed by atoms with Crippen LogP contribution >= 0.6 is 0 Å². The lowest BCUT2D eigenvalue weighted by Crippen LogP contribution is -2.41. The summed E-state index contributed by atoms with van der Waals surface area (Å²) in [5, 5.41) is 11.8. The number of carbonyl (C=O) groups excluding carboxylic acids is 1. The van der Waals surface area contributed by atoms with Gasteiger partial charge in [0.1, 0.15) is 17.6 Å². The van der Waals surface area contributed by atoms with E-state index < -0.39 is 12.0 Å². The first kappa shape index (κ1) is 14.6. The molecule has 2 N–H and O–H groups in total. The molecule has 0 spiro atoms. The number of aliphatic carboxylic acids is 1. The lowest BCUT2D eigenvalue weighted by molar-refractivity contribution is -0.139.